The van der Waals surface area contributed by atoms with Gasteiger partial charge in [0.2, 0.25) is 5.88 Å². The van der Waals surface area contributed by atoms with E-state index in [0.717, 1.165) is 31.5 Å². The van der Waals surface area contributed by atoms with Gasteiger partial charge < -0.3 is 9.84 Å². The maximum absolute atomic E-state index is 10.9. The molecule has 4 nitrogen and oxygen atoms in total. The number of aromatic nitrogens is 1. The zero-order valence-corrected chi connectivity index (χ0v) is 12.1. The molecule has 1 fully saturated rings. The number of nitrogens with zero attached hydrogens (tertiary/aromatic N) is 2. The molecule has 0 amide bonds. The number of hydrogen-bond donors (Lipinski definition) is 1. The van der Waals surface area contributed by atoms with Crippen molar-refractivity contribution >= 4 is 0 Å². The number of aliphatic hydroxyl groups is 1. The average Bonchev–Trinajstić information content (AvgIpc) is 2.39. The van der Waals surface area contributed by atoms with Gasteiger partial charge in [-0.3, -0.25) is 4.90 Å². The third-order valence-electron chi connectivity index (χ3n) is 3.60. The lowest BCUT2D eigenvalue weighted by atomic mass is 10.0. The van der Waals surface area contributed by atoms with Crippen LogP contribution in [0.2, 0.25) is 0 Å². The van der Waals surface area contributed by atoms with Crippen molar-refractivity contribution < 1.29 is 9.84 Å². The molecule has 4 heteroatoms. The number of pyridine rings is 1. The van der Waals surface area contributed by atoms with Gasteiger partial charge in [0.25, 0.3) is 0 Å². The highest BCUT2D eigenvalue weighted by Crippen LogP contribution is 2.33. The maximum Gasteiger partial charge on any atom is 0.221 e. The van der Waals surface area contributed by atoms with Gasteiger partial charge in [-0.15, -0.1) is 0 Å². The van der Waals surface area contributed by atoms with Crippen molar-refractivity contribution in [2.45, 2.75) is 51.9 Å². The quantitative estimate of drug-likeness (QED) is 0.907. The first-order valence-electron chi connectivity index (χ1n) is 7.11. The summed E-state index contributed by atoms with van der Waals surface area (Å²) in [4.78, 5) is 6.38. The molecule has 0 aliphatic carbocycles. The fraction of sp³-hybridized carbons (Fsp3) is 0.667. The highest BCUT2D eigenvalue weighted by molar-refractivity contribution is 5.31. The lowest BCUT2D eigenvalue weighted by Gasteiger charge is -2.40. The van der Waals surface area contributed by atoms with Crippen molar-refractivity contribution in [2.75, 3.05) is 13.1 Å². The summed E-state index contributed by atoms with van der Waals surface area (Å²) in [5.74, 6) is 0.535. The normalized spacial score (nSPS) is 20.3. The third-order valence-corrected chi connectivity index (χ3v) is 3.60. The summed E-state index contributed by atoms with van der Waals surface area (Å²) in [5, 5.41) is 10.9. The molecule has 1 aromatic rings. The molecule has 1 aliphatic heterocycles. The van der Waals surface area contributed by atoms with Crippen LogP contribution in [0, 0.1) is 0 Å². The van der Waals surface area contributed by atoms with Crippen LogP contribution in [-0.2, 0) is 5.72 Å². The lowest BCUT2D eigenvalue weighted by Crippen LogP contribution is -2.46. The van der Waals surface area contributed by atoms with Crippen molar-refractivity contribution in [2.24, 2.45) is 0 Å². The Labute approximate surface area is 115 Å². The molecule has 0 saturated carbocycles. The smallest absolute Gasteiger partial charge is 0.221 e. The molecule has 19 heavy (non-hydrogen) atoms. The number of hydrogen-bond acceptors (Lipinski definition) is 4. The van der Waals surface area contributed by atoms with E-state index in [-0.39, 0.29) is 6.10 Å². The zero-order valence-electron chi connectivity index (χ0n) is 12.1. The van der Waals surface area contributed by atoms with Crippen LogP contribution in [0.1, 0.15) is 45.6 Å². The molecule has 1 aromatic heterocycles. The maximum atomic E-state index is 10.9. The summed E-state index contributed by atoms with van der Waals surface area (Å²) in [6.07, 6.45) is 5.27. The first-order valence-corrected chi connectivity index (χ1v) is 7.11. The van der Waals surface area contributed by atoms with Crippen LogP contribution in [0.4, 0.5) is 0 Å². The Hall–Kier alpha value is -1.13. The van der Waals surface area contributed by atoms with Gasteiger partial charge in [-0.05, 0) is 45.7 Å². The number of rotatable bonds is 4. The van der Waals surface area contributed by atoms with E-state index in [1.54, 1.807) is 6.20 Å². The standard InChI is InChI=1S/C15H24N2O2/c1-12(2)19-14-13(8-7-9-16-14)15(3,18)17-10-5-4-6-11-17/h7-9,12,18H,4-6,10-11H2,1-3H3. The van der Waals surface area contributed by atoms with Crippen molar-refractivity contribution in [1.29, 1.82) is 0 Å². The molecule has 0 radical (unpaired) electrons. The second-order valence-electron chi connectivity index (χ2n) is 5.59. The zero-order chi connectivity index (χ0) is 13.9. The molecule has 1 saturated heterocycles. The van der Waals surface area contributed by atoms with E-state index in [2.05, 4.69) is 9.88 Å². The molecule has 0 aromatic carbocycles. The fourth-order valence-corrected chi connectivity index (χ4v) is 2.57. The Morgan fingerprint density at radius 1 is 1.32 bits per heavy atom. The monoisotopic (exact) mass is 264 g/mol. The van der Waals surface area contributed by atoms with Gasteiger partial charge in [0.1, 0.15) is 5.72 Å². The van der Waals surface area contributed by atoms with Gasteiger partial charge in [0.15, 0.2) is 0 Å². The van der Waals surface area contributed by atoms with Gasteiger partial charge in [-0.25, -0.2) is 4.98 Å². The third kappa shape index (κ3) is 3.25. The molecule has 1 aliphatic rings. The second kappa shape index (κ2) is 5.88. The highest BCUT2D eigenvalue weighted by Gasteiger charge is 2.35. The minimum absolute atomic E-state index is 0.0470. The minimum Gasteiger partial charge on any atom is -0.475 e. The molecule has 1 unspecified atom stereocenters. The van der Waals surface area contributed by atoms with E-state index >= 15 is 0 Å². The number of likely N-dealkylation sites (tertiary alicyclic amines) is 1. The van der Waals surface area contributed by atoms with E-state index in [1.165, 1.54) is 6.42 Å². The largest absolute Gasteiger partial charge is 0.475 e. The molecule has 106 valence electrons. The van der Waals surface area contributed by atoms with Crippen molar-refractivity contribution in [3.63, 3.8) is 0 Å². The molecule has 1 atom stereocenters. The van der Waals surface area contributed by atoms with E-state index < -0.39 is 5.72 Å². The molecule has 0 bridgehead atoms. The molecule has 2 rings (SSSR count). The fourth-order valence-electron chi connectivity index (χ4n) is 2.57. The SMILES string of the molecule is CC(C)Oc1ncccc1C(C)(O)N1CCCCC1. The van der Waals surface area contributed by atoms with Gasteiger partial charge in [-0.1, -0.05) is 6.42 Å². The van der Waals surface area contributed by atoms with Crippen LogP contribution in [0.3, 0.4) is 0 Å². The summed E-state index contributed by atoms with van der Waals surface area (Å²) < 4.78 is 5.72. The highest BCUT2D eigenvalue weighted by atomic mass is 16.5. The first-order chi connectivity index (χ1) is 9.01. The van der Waals surface area contributed by atoms with Crippen molar-refractivity contribution in [1.82, 2.24) is 9.88 Å². The summed E-state index contributed by atoms with van der Waals surface area (Å²) in [6.45, 7) is 7.61. The number of ether oxygens (including phenoxy) is 1. The van der Waals surface area contributed by atoms with Crippen LogP contribution >= 0.6 is 0 Å². The van der Waals surface area contributed by atoms with E-state index in [1.807, 2.05) is 32.9 Å². The summed E-state index contributed by atoms with van der Waals surface area (Å²) in [7, 11) is 0. The lowest BCUT2D eigenvalue weighted by molar-refractivity contribution is -0.110. The molecular weight excluding hydrogens is 240 g/mol. The second-order valence-corrected chi connectivity index (χ2v) is 5.59. The Bertz CT molecular complexity index is 412. The van der Waals surface area contributed by atoms with Crippen molar-refractivity contribution in [3.05, 3.63) is 23.9 Å². The van der Waals surface area contributed by atoms with Gasteiger partial charge >= 0.3 is 0 Å². The molecule has 2 heterocycles. The number of piperidine rings is 1. The summed E-state index contributed by atoms with van der Waals surface area (Å²) >= 11 is 0. The van der Waals surface area contributed by atoms with Gasteiger partial charge in [0.05, 0.1) is 11.7 Å². The molecular formula is C15H24N2O2. The predicted octanol–water partition coefficient (Wildman–Crippen LogP) is 2.52. The minimum atomic E-state index is -1.01. The van der Waals surface area contributed by atoms with Crippen LogP contribution < -0.4 is 4.74 Å². The van der Waals surface area contributed by atoms with Crippen LogP contribution in [-0.4, -0.2) is 34.2 Å². The van der Waals surface area contributed by atoms with Crippen LogP contribution in [0.25, 0.3) is 0 Å². The van der Waals surface area contributed by atoms with E-state index in [9.17, 15) is 5.11 Å². The molecule has 1 N–H and O–H groups in total. The summed E-state index contributed by atoms with van der Waals surface area (Å²) in [6, 6.07) is 3.75. The van der Waals surface area contributed by atoms with Gasteiger partial charge in [-0.2, -0.15) is 0 Å². The Morgan fingerprint density at radius 3 is 2.63 bits per heavy atom. The Kier molecular flexibility index (Phi) is 4.42. The van der Waals surface area contributed by atoms with Crippen molar-refractivity contribution in [3.8, 4) is 5.88 Å². The Morgan fingerprint density at radius 2 is 2.00 bits per heavy atom. The summed E-state index contributed by atoms with van der Waals surface area (Å²) in [5.41, 5.74) is -0.260. The first kappa shape index (κ1) is 14.3. The van der Waals surface area contributed by atoms with E-state index in [4.69, 9.17) is 4.74 Å². The van der Waals surface area contributed by atoms with Gasteiger partial charge in [0, 0.05) is 19.3 Å². The Balaban J connectivity index is 2.27. The molecule has 0 spiro atoms. The van der Waals surface area contributed by atoms with Crippen LogP contribution in [0.15, 0.2) is 18.3 Å². The van der Waals surface area contributed by atoms with E-state index in [0.29, 0.717) is 5.88 Å². The average molecular weight is 264 g/mol. The van der Waals surface area contributed by atoms with Crippen LogP contribution in [0.5, 0.6) is 5.88 Å². The predicted molar refractivity (Wildman–Crippen MR) is 75.0 cm³/mol. The topological polar surface area (TPSA) is 45.6 Å².